The summed E-state index contributed by atoms with van der Waals surface area (Å²) in [5.74, 6) is 1.03. The van der Waals surface area contributed by atoms with E-state index < -0.39 is 0 Å². The maximum Gasteiger partial charge on any atom is 0.226 e. The number of aryl methyl sites for hydroxylation is 1. The van der Waals surface area contributed by atoms with Crippen LogP contribution < -0.4 is 0 Å². The number of hydrogen-bond acceptors (Lipinski definition) is 1. The molecule has 3 nitrogen and oxygen atoms in total. The smallest absolute Gasteiger partial charge is 0.226 e. The maximum atomic E-state index is 13.0. The van der Waals surface area contributed by atoms with Crippen LogP contribution in [0.4, 0.5) is 0 Å². The summed E-state index contributed by atoms with van der Waals surface area (Å²) >= 11 is 0. The predicted octanol–water partition coefficient (Wildman–Crippen LogP) is 4.61. The first-order valence-electron chi connectivity index (χ1n) is 9.49. The van der Waals surface area contributed by atoms with E-state index >= 15 is 0 Å². The van der Waals surface area contributed by atoms with Crippen molar-refractivity contribution in [3.63, 3.8) is 0 Å². The number of amides is 1. The lowest BCUT2D eigenvalue weighted by Crippen LogP contribution is -2.58. The highest BCUT2D eigenvalue weighted by atomic mass is 16.2. The van der Waals surface area contributed by atoms with Gasteiger partial charge >= 0.3 is 0 Å². The Morgan fingerprint density at radius 1 is 1.33 bits per heavy atom. The number of nitrogens with zero attached hydrogens (tertiary/aromatic N) is 1. The van der Waals surface area contributed by atoms with Crippen molar-refractivity contribution >= 4 is 16.8 Å². The molecule has 1 amide bonds. The third-order valence-electron chi connectivity index (χ3n) is 6.45. The molecule has 128 valence electrons. The van der Waals surface area contributed by atoms with E-state index in [-0.39, 0.29) is 11.5 Å². The van der Waals surface area contributed by atoms with Crippen molar-refractivity contribution in [2.45, 2.75) is 58.4 Å². The molecule has 0 unspecified atom stereocenters. The van der Waals surface area contributed by atoms with Gasteiger partial charge in [0.2, 0.25) is 5.91 Å². The van der Waals surface area contributed by atoms with E-state index in [1.165, 1.54) is 35.0 Å². The molecule has 0 bridgehead atoms. The Kier molecular flexibility index (Phi) is 3.70. The Hall–Kier alpha value is -1.77. The van der Waals surface area contributed by atoms with Crippen LogP contribution in [0.5, 0.6) is 0 Å². The molecular formula is C21H28N2O. The molecule has 1 N–H and O–H groups in total. The van der Waals surface area contributed by atoms with Gasteiger partial charge in [-0.15, -0.1) is 0 Å². The zero-order valence-corrected chi connectivity index (χ0v) is 15.1. The highest BCUT2D eigenvalue weighted by Crippen LogP contribution is 2.49. The average Bonchev–Trinajstić information content (AvgIpc) is 2.88. The second-order valence-electron chi connectivity index (χ2n) is 7.89. The number of carbonyl (C=O) groups is 1. The van der Waals surface area contributed by atoms with Gasteiger partial charge < -0.3 is 9.88 Å². The van der Waals surface area contributed by atoms with Crippen LogP contribution in [0.2, 0.25) is 0 Å². The molecule has 0 aliphatic carbocycles. The van der Waals surface area contributed by atoms with Crippen molar-refractivity contribution in [3.8, 4) is 0 Å². The standard InChI is InChI=1S/C21H28N2O/c1-4-8-15-13-14(2)20(24)23-12-7-10-17-16-9-5-6-11-18(16)22-19(17)21(15,23)3/h5-6,9,11,14-15,22H,4,7-8,10,12-13H2,1-3H3/t14-,15-,21+/m1/s1. The summed E-state index contributed by atoms with van der Waals surface area (Å²) in [7, 11) is 0. The molecule has 2 aliphatic rings. The average molecular weight is 324 g/mol. The van der Waals surface area contributed by atoms with Crippen LogP contribution in [0.3, 0.4) is 0 Å². The monoisotopic (exact) mass is 324 g/mol. The molecule has 3 atom stereocenters. The summed E-state index contributed by atoms with van der Waals surface area (Å²) in [5, 5.41) is 1.34. The molecule has 24 heavy (non-hydrogen) atoms. The molecule has 0 saturated carbocycles. The second-order valence-corrected chi connectivity index (χ2v) is 7.89. The molecule has 1 fully saturated rings. The zero-order valence-electron chi connectivity index (χ0n) is 15.1. The minimum atomic E-state index is -0.190. The van der Waals surface area contributed by atoms with E-state index in [9.17, 15) is 4.79 Å². The van der Waals surface area contributed by atoms with Gasteiger partial charge in [0.1, 0.15) is 0 Å². The van der Waals surface area contributed by atoms with Crippen molar-refractivity contribution in [3.05, 3.63) is 35.5 Å². The number of aromatic amines is 1. The number of nitrogens with one attached hydrogen (secondary N) is 1. The van der Waals surface area contributed by atoms with E-state index in [0.717, 1.165) is 25.8 Å². The first kappa shape index (κ1) is 15.7. The fraction of sp³-hybridized carbons (Fsp3) is 0.571. The minimum absolute atomic E-state index is 0.153. The van der Waals surface area contributed by atoms with Crippen molar-refractivity contribution in [1.82, 2.24) is 9.88 Å². The van der Waals surface area contributed by atoms with Crippen LogP contribution in [0.15, 0.2) is 24.3 Å². The molecule has 1 aromatic carbocycles. The summed E-state index contributed by atoms with van der Waals surface area (Å²) in [6.07, 6.45) is 5.48. The molecular weight excluding hydrogens is 296 g/mol. The van der Waals surface area contributed by atoms with Gasteiger partial charge in [-0.25, -0.2) is 0 Å². The third-order valence-corrected chi connectivity index (χ3v) is 6.45. The van der Waals surface area contributed by atoms with Gasteiger partial charge in [-0.05, 0) is 50.2 Å². The topological polar surface area (TPSA) is 36.1 Å². The number of piperidine rings is 1. The normalized spacial score (nSPS) is 30.1. The van der Waals surface area contributed by atoms with E-state index in [2.05, 4.69) is 54.9 Å². The molecule has 2 aromatic rings. The van der Waals surface area contributed by atoms with Crippen LogP contribution in [0.1, 0.15) is 57.7 Å². The summed E-state index contributed by atoms with van der Waals surface area (Å²) in [4.78, 5) is 18.9. The first-order chi connectivity index (χ1) is 11.6. The molecule has 2 aliphatic heterocycles. The van der Waals surface area contributed by atoms with Crippen molar-refractivity contribution < 1.29 is 4.79 Å². The van der Waals surface area contributed by atoms with Crippen LogP contribution in [0, 0.1) is 11.8 Å². The maximum absolute atomic E-state index is 13.0. The van der Waals surface area contributed by atoms with E-state index in [1.54, 1.807) is 0 Å². The van der Waals surface area contributed by atoms with Gasteiger partial charge in [0.15, 0.2) is 0 Å². The Balaban J connectivity index is 1.94. The number of hydrogen-bond donors (Lipinski definition) is 1. The van der Waals surface area contributed by atoms with E-state index in [1.807, 2.05) is 0 Å². The Morgan fingerprint density at radius 2 is 2.12 bits per heavy atom. The highest BCUT2D eigenvalue weighted by molar-refractivity contribution is 5.87. The highest BCUT2D eigenvalue weighted by Gasteiger charge is 2.51. The number of rotatable bonds is 2. The number of H-pyrrole nitrogens is 1. The largest absolute Gasteiger partial charge is 0.356 e. The quantitative estimate of drug-likeness (QED) is 0.860. The van der Waals surface area contributed by atoms with E-state index in [0.29, 0.717) is 11.8 Å². The van der Waals surface area contributed by atoms with E-state index in [4.69, 9.17) is 0 Å². The third kappa shape index (κ3) is 2.06. The summed E-state index contributed by atoms with van der Waals surface area (Å²) in [5.41, 5.74) is 3.77. The lowest BCUT2D eigenvalue weighted by molar-refractivity contribution is -0.152. The number of fused-ring (bicyclic) bond motifs is 5. The van der Waals surface area contributed by atoms with Gasteiger partial charge in [-0.2, -0.15) is 0 Å². The fourth-order valence-corrected chi connectivity index (χ4v) is 5.21. The van der Waals surface area contributed by atoms with Crippen molar-refractivity contribution in [2.75, 3.05) is 6.54 Å². The molecule has 1 aromatic heterocycles. The Bertz CT molecular complexity index is 777. The number of carbonyl (C=O) groups excluding carboxylic acids is 1. The predicted molar refractivity (Wildman–Crippen MR) is 97.9 cm³/mol. The van der Waals surface area contributed by atoms with Crippen LogP contribution in [-0.2, 0) is 16.8 Å². The molecule has 0 spiro atoms. The molecule has 3 heterocycles. The zero-order chi connectivity index (χ0) is 16.9. The van der Waals surface area contributed by atoms with Gasteiger partial charge in [0, 0.05) is 29.1 Å². The Labute approximate surface area is 144 Å². The fourth-order valence-electron chi connectivity index (χ4n) is 5.21. The van der Waals surface area contributed by atoms with Crippen LogP contribution in [0.25, 0.3) is 10.9 Å². The van der Waals surface area contributed by atoms with Crippen molar-refractivity contribution in [1.29, 1.82) is 0 Å². The molecule has 4 rings (SSSR count). The molecule has 3 heteroatoms. The summed E-state index contributed by atoms with van der Waals surface area (Å²) in [6, 6.07) is 8.61. The lowest BCUT2D eigenvalue weighted by atomic mass is 9.70. The summed E-state index contributed by atoms with van der Waals surface area (Å²) in [6.45, 7) is 7.58. The number of aromatic nitrogens is 1. The van der Waals surface area contributed by atoms with Gasteiger partial charge in [0.05, 0.1) is 5.54 Å². The van der Waals surface area contributed by atoms with Crippen molar-refractivity contribution in [2.24, 2.45) is 11.8 Å². The lowest BCUT2D eigenvalue weighted by Gasteiger charge is -2.51. The Morgan fingerprint density at radius 3 is 2.92 bits per heavy atom. The minimum Gasteiger partial charge on any atom is -0.356 e. The van der Waals surface area contributed by atoms with Gasteiger partial charge in [-0.3, -0.25) is 4.79 Å². The van der Waals surface area contributed by atoms with Crippen LogP contribution >= 0.6 is 0 Å². The second kappa shape index (κ2) is 5.65. The van der Waals surface area contributed by atoms with Gasteiger partial charge in [-0.1, -0.05) is 38.5 Å². The summed E-state index contributed by atoms with van der Waals surface area (Å²) < 4.78 is 0. The number of para-hydroxylation sites is 1. The van der Waals surface area contributed by atoms with Crippen LogP contribution in [-0.4, -0.2) is 22.3 Å². The molecule has 0 radical (unpaired) electrons. The SMILES string of the molecule is CCC[C@@H]1C[C@@H](C)C(=O)N2CCCc3c([nH]c4ccccc34)[C@]12C. The number of benzene rings is 1. The molecule has 1 saturated heterocycles. The first-order valence-corrected chi connectivity index (χ1v) is 9.49. The van der Waals surface area contributed by atoms with Gasteiger partial charge in [0.25, 0.3) is 0 Å².